The number of rotatable bonds is 2. The van der Waals surface area contributed by atoms with Crippen molar-refractivity contribution in [3.05, 3.63) is 5.82 Å². The van der Waals surface area contributed by atoms with Crippen LogP contribution in [0.2, 0.25) is 0 Å². The zero-order valence-corrected chi connectivity index (χ0v) is 9.17. The van der Waals surface area contributed by atoms with Gasteiger partial charge in [0.1, 0.15) is 10.8 Å². The van der Waals surface area contributed by atoms with Gasteiger partial charge in [-0.2, -0.15) is 0 Å². The summed E-state index contributed by atoms with van der Waals surface area (Å²) >= 11 is 0. The van der Waals surface area contributed by atoms with Gasteiger partial charge in [-0.05, 0) is 13.8 Å². The minimum atomic E-state index is -1.90. The van der Waals surface area contributed by atoms with Crippen LogP contribution >= 0.6 is 0 Å². The van der Waals surface area contributed by atoms with Gasteiger partial charge in [-0.3, -0.25) is 0 Å². The van der Waals surface area contributed by atoms with Gasteiger partial charge in [-0.1, -0.05) is 0 Å². The van der Waals surface area contributed by atoms with E-state index in [0.717, 1.165) is 0 Å². The van der Waals surface area contributed by atoms with Gasteiger partial charge >= 0.3 is 0 Å². The van der Waals surface area contributed by atoms with Crippen molar-refractivity contribution in [2.45, 2.75) is 43.1 Å². The SMILES string of the molecule is CC1CC(F)c2nc(S(=O)C(C)F)nn21. The molecule has 4 nitrogen and oxygen atoms in total. The average molecular weight is 235 g/mol. The first-order valence-corrected chi connectivity index (χ1v) is 5.87. The number of hydrogen-bond acceptors (Lipinski definition) is 3. The molecule has 0 amide bonds. The van der Waals surface area contributed by atoms with Crippen molar-refractivity contribution in [2.24, 2.45) is 0 Å². The second-order valence-corrected chi connectivity index (χ2v) is 5.20. The first kappa shape index (κ1) is 10.7. The van der Waals surface area contributed by atoms with Crippen LogP contribution in [0.25, 0.3) is 0 Å². The summed E-state index contributed by atoms with van der Waals surface area (Å²) in [4.78, 5) is 3.78. The van der Waals surface area contributed by atoms with Crippen LogP contribution in [0.5, 0.6) is 0 Å². The molecule has 1 aromatic heterocycles. The van der Waals surface area contributed by atoms with Crippen LogP contribution in [-0.2, 0) is 10.8 Å². The second-order valence-electron chi connectivity index (χ2n) is 3.59. The Bertz CT molecular complexity index is 381. The van der Waals surface area contributed by atoms with Gasteiger partial charge in [-0.25, -0.2) is 22.7 Å². The van der Waals surface area contributed by atoms with Crippen molar-refractivity contribution in [2.75, 3.05) is 0 Å². The molecule has 1 aromatic rings. The van der Waals surface area contributed by atoms with E-state index in [1.807, 2.05) is 0 Å². The van der Waals surface area contributed by atoms with Crippen molar-refractivity contribution < 1.29 is 13.0 Å². The van der Waals surface area contributed by atoms with Gasteiger partial charge < -0.3 is 0 Å². The molecule has 2 rings (SSSR count). The van der Waals surface area contributed by atoms with E-state index in [9.17, 15) is 13.0 Å². The van der Waals surface area contributed by atoms with Crippen molar-refractivity contribution >= 4 is 10.8 Å². The fraction of sp³-hybridized carbons (Fsp3) is 0.750. The van der Waals surface area contributed by atoms with E-state index in [2.05, 4.69) is 10.1 Å². The molecule has 0 saturated heterocycles. The minimum absolute atomic E-state index is 0.108. The summed E-state index contributed by atoms with van der Waals surface area (Å²) in [5.41, 5.74) is -1.54. The highest BCUT2D eigenvalue weighted by Crippen LogP contribution is 2.35. The molecule has 1 aliphatic rings. The lowest BCUT2D eigenvalue weighted by Gasteiger charge is -2.02. The maximum atomic E-state index is 13.3. The first-order valence-electron chi connectivity index (χ1n) is 4.66. The third-order valence-electron chi connectivity index (χ3n) is 2.36. The molecule has 0 fully saturated rings. The third-order valence-corrected chi connectivity index (χ3v) is 3.48. The van der Waals surface area contributed by atoms with E-state index >= 15 is 0 Å². The van der Waals surface area contributed by atoms with Crippen molar-refractivity contribution in [1.82, 2.24) is 14.8 Å². The lowest BCUT2D eigenvalue weighted by atomic mass is 10.2. The third kappa shape index (κ3) is 1.68. The number of halogens is 2. The molecule has 0 radical (unpaired) electrons. The lowest BCUT2D eigenvalue weighted by molar-refractivity contribution is 0.322. The quantitative estimate of drug-likeness (QED) is 0.783. The molecule has 0 spiro atoms. The van der Waals surface area contributed by atoms with E-state index in [1.54, 1.807) is 6.92 Å². The van der Waals surface area contributed by atoms with E-state index in [1.165, 1.54) is 11.6 Å². The predicted molar refractivity (Wildman–Crippen MR) is 50.2 cm³/mol. The van der Waals surface area contributed by atoms with Gasteiger partial charge in [0, 0.05) is 6.42 Å². The largest absolute Gasteiger partial charge is 0.248 e. The first-order chi connectivity index (χ1) is 7.00. The topological polar surface area (TPSA) is 47.8 Å². The molecule has 1 aliphatic heterocycles. The van der Waals surface area contributed by atoms with Crippen molar-refractivity contribution in [3.63, 3.8) is 0 Å². The van der Waals surface area contributed by atoms with Gasteiger partial charge in [0.15, 0.2) is 17.5 Å². The molecular weight excluding hydrogens is 224 g/mol. The summed E-state index contributed by atoms with van der Waals surface area (Å²) in [6, 6.07) is -0.108. The lowest BCUT2D eigenvalue weighted by Crippen LogP contribution is -2.08. The fourth-order valence-electron chi connectivity index (χ4n) is 1.59. The molecule has 0 aliphatic carbocycles. The predicted octanol–water partition coefficient (Wildman–Crippen LogP) is 1.68. The Labute approximate surface area is 88.1 Å². The Kier molecular flexibility index (Phi) is 2.57. The Morgan fingerprint density at radius 3 is 2.87 bits per heavy atom. The van der Waals surface area contributed by atoms with Crippen LogP contribution in [0.3, 0.4) is 0 Å². The Balaban J connectivity index is 2.36. The van der Waals surface area contributed by atoms with Gasteiger partial charge in [0.2, 0.25) is 5.16 Å². The summed E-state index contributed by atoms with van der Waals surface area (Å²) < 4.78 is 38.8. The smallest absolute Gasteiger partial charge is 0.242 e. The van der Waals surface area contributed by atoms with Crippen molar-refractivity contribution in [3.8, 4) is 0 Å². The fourth-order valence-corrected chi connectivity index (χ4v) is 2.23. The molecule has 0 bridgehead atoms. The molecule has 84 valence electrons. The Hall–Kier alpha value is -0.850. The van der Waals surface area contributed by atoms with E-state index in [0.29, 0.717) is 6.42 Å². The maximum absolute atomic E-state index is 13.3. The number of alkyl halides is 2. The van der Waals surface area contributed by atoms with E-state index in [4.69, 9.17) is 0 Å². The summed E-state index contributed by atoms with van der Waals surface area (Å²) in [5, 5.41) is 3.75. The molecular formula is C8H11F2N3OS. The summed E-state index contributed by atoms with van der Waals surface area (Å²) in [6.45, 7) is 2.96. The number of nitrogens with zero attached hydrogens (tertiary/aromatic N) is 3. The van der Waals surface area contributed by atoms with Crippen LogP contribution in [0.15, 0.2) is 5.16 Å². The van der Waals surface area contributed by atoms with Gasteiger partial charge in [0.25, 0.3) is 0 Å². The highest BCUT2D eigenvalue weighted by Gasteiger charge is 2.33. The van der Waals surface area contributed by atoms with E-state index in [-0.39, 0.29) is 17.0 Å². The summed E-state index contributed by atoms with van der Waals surface area (Å²) in [5.74, 6) is 0.159. The zero-order chi connectivity index (χ0) is 11.2. The molecule has 7 heteroatoms. The van der Waals surface area contributed by atoms with E-state index < -0.39 is 22.5 Å². The molecule has 4 unspecified atom stereocenters. The van der Waals surface area contributed by atoms with Crippen LogP contribution < -0.4 is 0 Å². The van der Waals surface area contributed by atoms with Crippen molar-refractivity contribution in [1.29, 1.82) is 0 Å². The number of hydrogen-bond donors (Lipinski definition) is 0. The summed E-state index contributed by atoms with van der Waals surface area (Å²) in [6.07, 6.45) is -0.860. The average Bonchev–Trinajstić information content (AvgIpc) is 2.68. The standard InChI is InChI=1S/C8H11F2N3OS/c1-4-3-6(10)7-11-8(12-13(4)7)15(14)5(2)9/h4-6H,3H2,1-2H3. The monoisotopic (exact) mass is 235 g/mol. The van der Waals surface area contributed by atoms with Gasteiger partial charge in [-0.15, -0.1) is 5.10 Å². The zero-order valence-electron chi connectivity index (χ0n) is 8.35. The molecule has 0 saturated carbocycles. The maximum Gasteiger partial charge on any atom is 0.242 e. The molecule has 2 heterocycles. The molecule has 0 aromatic carbocycles. The number of fused-ring (bicyclic) bond motifs is 1. The highest BCUT2D eigenvalue weighted by atomic mass is 32.2. The van der Waals surface area contributed by atoms with Crippen LogP contribution in [0.4, 0.5) is 8.78 Å². The highest BCUT2D eigenvalue weighted by molar-refractivity contribution is 7.85. The molecule has 4 atom stereocenters. The molecule has 15 heavy (non-hydrogen) atoms. The number of aromatic nitrogens is 3. The normalized spacial score (nSPS) is 28.8. The second kappa shape index (κ2) is 3.62. The van der Waals surface area contributed by atoms with Gasteiger partial charge in [0.05, 0.1) is 6.04 Å². The Morgan fingerprint density at radius 2 is 2.33 bits per heavy atom. The molecule has 0 N–H and O–H groups in total. The van der Waals surface area contributed by atoms with Crippen LogP contribution in [0.1, 0.15) is 38.3 Å². The van der Waals surface area contributed by atoms with Crippen LogP contribution in [-0.4, -0.2) is 24.5 Å². The Morgan fingerprint density at radius 1 is 1.67 bits per heavy atom. The summed E-state index contributed by atoms with van der Waals surface area (Å²) in [7, 11) is -1.90. The minimum Gasteiger partial charge on any atom is -0.248 e. The van der Waals surface area contributed by atoms with Crippen LogP contribution in [0, 0.1) is 0 Å².